The molecule has 2 atom stereocenters. The standard InChI is InChI=1S/C20H26N4O4S/c1-28-18-6-2-5-17(12-18)24-29(26,27)19-9-7-16(8-10-19)23-20(25)22-14-15-4-3-11-21-13-15/h3-4,7-11,13,17-18,24H,2,5-6,12,14H2,1H3,(H2,22,23,25). The number of nitrogens with one attached hydrogen (secondary N) is 3. The maximum absolute atomic E-state index is 12.6. The molecule has 156 valence electrons. The van der Waals surface area contributed by atoms with Gasteiger partial charge in [-0.25, -0.2) is 17.9 Å². The Kier molecular flexibility index (Phi) is 7.18. The third kappa shape index (κ3) is 6.25. The lowest BCUT2D eigenvalue weighted by Gasteiger charge is -2.28. The fraction of sp³-hybridized carbons (Fsp3) is 0.400. The fourth-order valence-corrected chi connectivity index (χ4v) is 4.61. The van der Waals surface area contributed by atoms with Crippen LogP contribution < -0.4 is 15.4 Å². The minimum Gasteiger partial charge on any atom is -0.381 e. The summed E-state index contributed by atoms with van der Waals surface area (Å²) in [6.45, 7) is 0.347. The summed E-state index contributed by atoms with van der Waals surface area (Å²) in [4.78, 5) is 16.2. The SMILES string of the molecule is COC1CCCC(NS(=O)(=O)c2ccc(NC(=O)NCc3cccnc3)cc2)C1. The highest BCUT2D eigenvalue weighted by Gasteiger charge is 2.26. The Morgan fingerprint density at radius 1 is 1.21 bits per heavy atom. The lowest BCUT2D eigenvalue weighted by molar-refractivity contribution is 0.0622. The van der Waals surface area contributed by atoms with Crippen molar-refractivity contribution < 1.29 is 17.9 Å². The van der Waals surface area contributed by atoms with E-state index in [0.717, 1.165) is 24.8 Å². The summed E-state index contributed by atoms with van der Waals surface area (Å²) in [5.74, 6) is 0. The minimum absolute atomic E-state index is 0.0909. The largest absolute Gasteiger partial charge is 0.381 e. The number of aromatic nitrogens is 1. The van der Waals surface area contributed by atoms with E-state index in [0.29, 0.717) is 18.7 Å². The number of hydrogen-bond acceptors (Lipinski definition) is 5. The molecule has 3 rings (SSSR count). The van der Waals surface area contributed by atoms with Gasteiger partial charge in [0.15, 0.2) is 0 Å². The van der Waals surface area contributed by atoms with Gasteiger partial charge in [-0.1, -0.05) is 6.07 Å². The monoisotopic (exact) mass is 418 g/mol. The first-order chi connectivity index (χ1) is 14.0. The van der Waals surface area contributed by atoms with Gasteiger partial charge in [0.1, 0.15) is 0 Å². The Labute approximate surface area is 171 Å². The van der Waals surface area contributed by atoms with Crippen LogP contribution in [0.4, 0.5) is 10.5 Å². The number of sulfonamides is 1. The van der Waals surface area contributed by atoms with Gasteiger partial charge in [0.05, 0.1) is 11.0 Å². The molecule has 1 aromatic carbocycles. The number of anilines is 1. The smallest absolute Gasteiger partial charge is 0.319 e. The van der Waals surface area contributed by atoms with E-state index in [9.17, 15) is 13.2 Å². The summed E-state index contributed by atoms with van der Waals surface area (Å²) in [5.41, 5.74) is 1.39. The predicted molar refractivity (Wildman–Crippen MR) is 110 cm³/mol. The van der Waals surface area contributed by atoms with Crippen LogP contribution in [0.3, 0.4) is 0 Å². The lowest BCUT2D eigenvalue weighted by Crippen LogP contribution is -2.40. The van der Waals surface area contributed by atoms with Crippen molar-refractivity contribution in [1.29, 1.82) is 0 Å². The molecular weight excluding hydrogens is 392 g/mol. The number of pyridine rings is 1. The zero-order valence-electron chi connectivity index (χ0n) is 16.3. The summed E-state index contributed by atoms with van der Waals surface area (Å²) >= 11 is 0. The van der Waals surface area contributed by atoms with Crippen LogP contribution in [0.5, 0.6) is 0 Å². The Hall–Kier alpha value is -2.49. The number of carbonyl (C=O) groups excluding carboxylic acids is 1. The second-order valence-corrected chi connectivity index (χ2v) is 8.75. The second-order valence-electron chi connectivity index (χ2n) is 7.04. The van der Waals surface area contributed by atoms with Crippen LogP contribution in [-0.2, 0) is 21.3 Å². The van der Waals surface area contributed by atoms with E-state index in [-0.39, 0.29) is 23.1 Å². The molecule has 1 aliphatic rings. The van der Waals surface area contributed by atoms with E-state index >= 15 is 0 Å². The quantitative estimate of drug-likeness (QED) is 0.640. The summed E-state index contributed by atoms with van der Waals surface area (Å²) in [7, 11) is -1.97. The average Bonchev–Trinajstić information content (AvgIpc) is 2.73. The molecule has 1 saturated carbocycles. The molecule has 2 unspecified atom stereocenters. The number of nitrogens with zero attached hydrogens (tertiary/aromatic N) is 1. The van der Waals surface area contributed by atoms with Crippen LogP contribution in [0.15, 0.2) is 53.7 Å². The van der Waals surface area contributed by atoms with E-state index < -0.39 is 10.0 Å². The lowest BCUT2D eigenvalue weighted by atomic mass is 9.94. The van der Waals surface area contributed by atoms with Gasteiger partial charge in [0, 0.05) is 37.8 Å². The maximum atomic E-state index is 12.6. The van der Waals surface area contributed by atoms with Crippen LogP contribution in [0.25, 0.3) is 0 Å². The molecule has 8 nitrogen and oxygen atoms in total. The maximum Gasteiger partial charge on any atom is 0.319 e. The number of ether oxygens (including phenoxy) is 1. The summed E-state index contributed by atoms with van der Waals surface area (Å²) < 4.78 is 33.4. The highest BCUT2D eigenvalue weighted by atomic mass is 32.2. The molecule has 1 aromatic heterocycles. The van der Waals surface area contributed by atoms with Gasteiger partial charge in [0.2, 0.25) is 10.0 Å². The van der Waals surface area contributed by atoms with Gasteiger partial charge >= 0.3 is 6.03 Å². The normalized spacial score (nSPS) is 19.5. The topological polar surface area (TPSA) is 109 Å². The van der Waals surface area contributed by atoms with Gasteiger partial charge < -0.3 is 15.4 Å². The predicted octanol–water partition coefficient (Wildman–Crippen LogP) is 2.64. The first kappa shape index (κ1) is 21.2. The number of rotatable bonds is 7. The zero-order valence-corrected chi connectivity index (χ0v) is 17.1. The van der Waals surface area contributed by atoms with E-state index in [1.807, 2.05) is 6.07 Å². The molecule has 1 aliphatic carbocycles. The molecule has 1 fully saturated rings. The highest BCUT2D eigenvalue weighted by Crippen LogP contribution is 2.23. The van der Waals surface area contributed by atoms with Crippen molar-refractivity contribution in [3.05, 3.63) is 54.4 Å². The zero-order chi connectivity index (χ0) is 20.7. The van der Waals surface area contributed by atoms with Crippen LogP contribution in [0.2, 0.25) is 0 Å². The number of amides is 2. The molecule has 2 aromatic rings. The van der Waals surface area contributed by atoms with Gasteiger partial charge in [0.25, 0.3) is 0 Å². The van der Waals surface area contributed by atoms with Crippen molar-refractivity contribution in [3.63, 3.8) is 0 Å². The van der Waals surface area contributed by atoms with E-state index in [1.165, 1.54) is 12.1 Å². The number of benzene rings is 1. The summed E-state index contributed by atoms with van der Waals surface area (Å²) in [5, 5.41) is 5.41. The van der Waals surface area contributed by atoms with E-state index in [2.05, 4.69) is 20.3 Å². The number of urea groups is 1. The van der Waals surface area contributed by atoms with Crippen molar-refractivity contribution in [1.82, 2.24) is 15.0 Å². The molecule has 3 N–H and O–H groups in total. The number of hydrogen-bond donors (Lipinski definition) is 3. The number of carbonyl (C=O) groups is 1. The van der Waals surface area contributed by atoms with Gasteiger partial charge in [-0.3, -0.25) is 4.98 Å². The van der Waals surface area contributed by atoms with Gasteiger partial charge in [-0.15, -0.1) is 0 Å². The van der Waals surface area contributed by atoms with Crippen molar-refractivity contribution in [2.45, 2.75) is 49.3 Å². The molecule has 9 heteroatoms. The molecule has 0 aliphatic heterocycles. The molecule has 1 heterocycles. The third-order valence-electron chi connectivity index (χ3n) is 4.88. The van der Waals surface area contributed by atoms with Gasteiger partial charge in [-0.05, 0) is 61.6 Å². The minimum atomic E-state index is -3.62. The summed E-state index contributed by atoms with van der Waals surface area (Å²) in [6.07, 6.45) is 6.79. The Morgan fingerprint density at radius 2 is 2.00 bits per heavy atom. The molecule has 2 amide bonds. The van der Waals surface area contributed by atoms with E-state index in [4.69, 9.17) is 4.74 Å². The van der Waals surface area contributed by atoms with Crippen molar-refractivity contribution in [3.8, 4) is 0 Å². The van der Waals surface area contributed by atoms with Crippen molar-refractivity contribution in [2.75, 3.05) is 12.4 Å². The van der Waals surface area contributed by atoms with Crippen molar-refractivity contribution >= 4 is 21.7 Å². The Morgan fingerprint density at radius 3 is 2.69 bits per heavy atom. The van der Waals surface area contributed by atoms with Crippen LogP contribution in [-0.4, -0.2) is 38.7 Å². The molecular formula is C20H26N4O4S. The fourth-order valence-electron chi connectivity index (χ4n) is 3.33. The molecule has 0 bridgehead atoms. The van der Waals surface area contributed by atoms with Crippen LogP contribution >= 0.6 is 0 Å². The molecule has 0 saturated heterocycles. The highest BCUT2D eigenvalue weighted by molar-refractivity contribution is 7.89. The Bertz CT molecular complexity index is 904. The molecule has 29 heavy (non-hydrogen) atoms. The van der Waals surface area contributed by atoms with Gasteiger partial charge in [-0.2, -0.15) is 0 Å². The van der Waals surface area contributed by atoms with E-state index in [1.54, 1.807) is 37.7 Å². The van der Waals surface area contributed by atoms with Crippen LogP contribution in [0.1, 0.15) is 31.2 Å². The van der Waals surface area contributed by atoms with Crippen molar-refractivity contribution in [2.24, 2.45) is 0 Å². The number of methoxy groups -OCH3 is 1. The average molecular weight is 419 g/mol. The third-order valence-corrected chi connectivity index (χ3v) is 6.42. The first-order valence-corrected chi connectivity index (χ1v) is 11.0. The second kappa shape index (κ2) is 9.82. The first-order valence-electron chi connectivity index (χ1n) is 9.55. The molecule has 0 spiro atoms. The van der Waals surface area contributed by atoms with Crippen LogP contribution in [0, 0.1) is 0 Å². The Balaban J connectivity index is 1.54. The molecule has 0 radical (unpaired) electrons. The summed E-state index contributed by atoms with van der Waals surface area (Å²) in [6, 6.07) is 9.25.